The van der Waals surface area contributed by atoms with Gasteiger partial charge in [-0.1, -0.05) is 12.1 Å². The number of rotatable bonds is 8. The Morgan fingerprint density at radius 2 is 1.81 bits per heavy atom. The van der Waals surface area contributed by atoms with E-state index in [-0.39, 0.29) is 24.0 Å². The van der Waals surface area contributed by atoms with Gasteiger partial charge in [0, 0.05) is 37.1 Å². The summed E-state index contributed by atoms with van der Waals surface area (Å²) in [5, 5.41) is 6.63. The molecule has 1 aliphatic rings. The molecule has 2 N–H and O–H groups in total. The number of morpholine rings is 1. The summed E-state index contributed by atoms with van der Waals surface area (Å²) in [4.78, 5) is 7.08. The molecule has 1 aliphatic heterocycles. The van der Waals surface area contributed by atoms with Crippen LogP contribution >= 0.6 is 24.0 Å². The first-order chi connectivity index (χ1) is 14.7. The highest BCUT2D eigenvalue weighted by molar-refractivity contribution is 14.0. The first-order valence-electron chi connectivity index (χ1n) is 10.5. The molecule has 1 heterocycles. The summed E-state index contributed by atoms with van der Waals surface area (Å²) >= 11 is 0. The Hall–Kier alpha value is -2.20. The molecular weight excluding hydrogens is 507 g/mol. The number of nitrogens with one attached hydrogen (secondary N) is 2. The normalized spacial score (nSPS) is 13.9. The van der Waals surface area contributed by atoms with Gasteiger partial charge < -0.3 is 29.7 Å². The summed E-state index contributed by atoms with van der Waals surface area (Å²) in [6, 6.07) is 14.4. The van der Waals surface area contributed by atoms with Crippen LogP contribution in [0.4, 0.5) is 11.4 Å². The lowest BCUT2D eigenvalue weighted by atomic mass is 10.2. The number of hydrogen-bond acceptors (Lipinski definition) is 5. The lowest BCUT2D eigenvalue weighted by molar-refractivity contribution is 0.122. The Morgan fingerprint density at radius 1 is 1.06 bits per heavy atom. The lowest BCUT2D eigenvalue weighted by Gasteiger charge is -2.28. The highest BCUT2D eigenvalue weighted by Crippen LogP contribution is 2.30. The van der Waals surface area contributed by atoms with Crippen molar-refractivity contribution in [3.63, 3.8) is 0 Å². The molecule has 7 nitrogen and oxygen atoms in total. The maximum atomic E-state index is 5.66. The number of methoxy groups -OCH3 is 1. The highest BCUT2D eigenvalue weighted by atomic mass is 127. The number of ether oxygens (including phenoxy) is 3. The molecule has 0 spiro atoms. The Balaban J connectivity index is 0.00000341. The monoisotopic (exact) mass is 540 g/mol. The van der Waals surface area contributed by atoms with E-state index in [0.29, 0.717) is 24.7 Å². The quantitative estimate of drug-likeness (QED) is 0.298. The maximum absolute atomic E-state index is 5.66. The van der Waals surface area contributed by atoms with E-state index < -0.39 is 0 Å². The molecule has 8 heteroatoms. The van der Waals surface area contributed by atoms with Gasteiger partial charge in [0.1, 0.15) is 0 Å². The fraction of sp³-hybridized carbons (Fsp3) is 0.435. The van der Waals surface area contributed by atoms with Gasteiger partial charge in [-0.05, 0) is 43.7 Å². The molecule has 0 saturated carbocycles. The third-order valence-electron chi connectivity index (χ3n) is 4.80. The van der Waals surface area contributed by atoms with Gasteiger partial charge in [0.15, 0.2) is 17.5 Å². The zero-order valence-electron chi connectivity index (χ0n) is 18.5. The molecule has 0 bridgehead atoms. The maximum Gasteiger partial charge on any atom is 0.196 e. The molecule has 2 aromatic rings. The number of benzene rings is 2. The van der Waals surface area contributed by atoms with Gasteiger partial charge in [-0.15, -0.1) is 24.0 Å². The molecule has 3 rings (SSSR count). The molecule has 0 atom stereocenters. The molecule has 1 saturated heterocycles. The van der Waals surface area contributed by atoms with E-state index in [1.165, 1.54) is 5.69 Å². The van der Waals surface area contributed by atoms with Crippen LogP contribution in [0.15, 0.2) is 47.5 Å². The first-order valence-corrected chi connectivity index (χ1v) is 10.5. The second-order valence-corrected chi connectivity index (χ2v) is 6.88. The third-order valence-corrected chi connectivity index (χ3v) is 4.80. The van der Waals surface area contributed by atoms with Crippen molar-refractivity contribution in [2.24, 2.45) is 4.99 Å². The molecule has 170 valence electrons. The van der Waals surface area contributed by atoms with Crippen molar-refractivity contribution in [1.82, 2.24) is 5.32 Å². The van der Waals surface area contributed by atoms with Crippen LogP contribution in [-0.4, -0.2) is 52.5 Å². The lowest BCUT2D eigenvalue weighted by Crippen LogP contribution is -2.36. The standard InChI is InChI=1S/C23H32N4O3.HI/c1-4-24-23(26-19-8-11-21(28-3)22(16-19)30-5-2)25-17-18-6-9-20(10-7-18)27-12-14-29-15-13-27;/h6-11,16H,4-5,12-15,17H2,1-3H3,(H2,24,25,26);1H. The predicted octanol–water partition coefficient (Wildman–Crippen LogP) is 4.13. The van der Waals surface area contributed by atoms with Gasteiger partial charge in [-0.25, -0.2) is 4.99 Å². The smallest absolute Gasteiger partial charge is 0.196 e. The van der Waals surface area contributed by atoms with Crippen LogP contribution in [0.25, 0.3) is 0 Å². The summed E-state index contributed by atoms with van der Waals surface area (Å²) in [7, 11) is 1.64. The SMILES string of the molecule is CCNC(=NCc1ccc(N2CCOCC2)cc1)Nc1ccc(OC)c(OCC)c1.I. The first kappa shape index (κ1) is 25.1. The second-order valence-electron chi connectivity index (χ2n) is 6.88. The molecule has 31 heavy (non-hydrogen) atoms. The van der Waals surface area contributed by atoms with Crippen LogP contribution in [0.5, 0.6) is 11.5 Å². The highest BCUT2D eigenvalue weighted by Gasteiger charge is 2.11. The Labute approximate surface area is 202 Å². The topological polar surface area (TPSA) is 67.4 Å². The third kappa shape index (κ3) is 7.46. The zero-order valence-corrected chi connectivity index (χ0v) is 20.8. The van der Waals surface area contributed by atoms with E-state index in [0.717, 1.165) is 50.1 Å². The van der Waals surface area contributed by atoms with Crippen molar-refractivity contribution in [2.75, 3.05) is 56.8 Å². The van der Waals surface area contributed by atoms with Crippen molar-refractivity contribution < 1.29 is 14.2 Å². The Morgan fingerprint density at radius 3 is 2.45 bits per heavy atom. The van der Waals surface area contributed by atoms with Crippen LogP contribution in [0.3, 0.4) is 0 Å². The molecule has 0 aliphatic carbocycles. The molecule has 0 amide bonds. The van der Waals surface area contributed by atoms with Gasteiger partial charge in [-0.3, -0.25) is 0 Å². The molecule has 0 radical (unpaired) electrons. The number of guanidine groups is 1. The Kier molecular flexibility index (Phi) is 10.7. The Bertz CT molecular complexity index is 824. The number of halogens is 1. The molecule has 0 unspecified atom stereocenters. The summed E-state index contributed by atoms with van der Waals surface area (Å²) in [5.41, 5.74) is 3.29. The van der Waals surface area contributed by atoms with Crippen LogP contribution in [0.1, 0.15) is 19.4 Å². The summed E-state index contributed by atoms with van der Waals surface area (Å²) < 4.78 is 16.4. The predicted molar refractivity (Wildman–Crippen MR) is 137 cm³/mol. The van der Waals surface area contributed by atoms with Crippen LogP contribution in [0.2, 0.25) is 0 Å². The molecule has 2 aromatic carbocycles. The van der Waals surface area contributed by atoms with E-state index in [1.807, 2.05) is 32.0 Å². The van der Waals surface area contributed by atoms with Crippen molar-refractivity contribution in [1.29, 1.82) is 0 Å². The summed E-state index contributed by atoms with van der Waals surface area (Å²) in [5.74, 6) is 2.15. The van der Waals surface area contributed by atoms with Crippen LogP contribution in [0, 0.1) is 0 Å². The average Bonchev–Trinajstić information content (AvgIpc) is 2.79. The van der Waals surface area contributed by atoms with Crippen molar-refractivity contribution in [3.8, 4) is 11.5 Å². The number of aliphatic imine (C=N–C) groups is 1. The second kappa shape index (κ2) is 13.3. The van der Waals surface area contributed by atoms with E-state index in [4.69, 9.17) is 19.2 Å². The average molecular weight is 540 g/mol. The van der Waals surface area contributed by atoms with Gasteiger partial charge in [0.05, 0.1) is 33.5 Å². The largest absolute Gasteiger partial charge is 0.493 e. The van der Waals surface area contributed by atoms with Gasteiger partial charge in [-0.2, -0.15) is 0 Å². The van der Waals surface area contributed by atoms with E-state index in [9.17, 15) is 0 Å². The zero-order chi connectivity index (χ0) is 21.2. The number of nitrogens with zero attached hydrogens (tertiary/aromatic N) is 2. The van der Waals surface area contributed by atoms with Gasteiger partial charge in [0.2, 0.25) is 0 Å². The number of hydrogen-bond donors (Lipinski definition) is 2. The molecule has 0 aromatic heterocycles. The van der Waals surface area contributed by atoms with Crippen molar-refractivity contribution in [3.05, 3.63) is 48.0 Å². The van der Waals surface area contributed by atoms with E-state index in [2.05, 4.69) is 39.8 Å². The van der Waals surface area contributed by atoms with Gasteiger partial charge in [0.25, 0.3) is 0 Å². The minimum absolute atomic E-state index is 0. The summed E-state index contributed by atoms with van der Waals surface area (Å²) in [6.45, 7) is 9.41. The van der Waals surface area contributed by atoms with Crippen LogP contribution in [-0.2, 0) is 11.3 Å². The number of anilines is 2. The van der Waals surface area contributed by atoms with E-state index in [1.54, 1.807) is 7.11 Å². The minimum atomic E-state index is 0. The minimum Gasteiger partial charge on any atom is -0.493 e. The fourth-order valence-electron chi connectivity index (χ4n) is 3.27. The van der Waals surface area contributed by atoms with Gasteiger partial charge >= 0.3 is 0 Å². The van der Waals surface area contributed by atoms with Crippen molar-refractivity contribution in [2.45, 2.75) is 20.4 Å². The molecule has 1 fully saturated rings. The van der Waals surface area contributed by atoms with Crippen molar-refractivity contribution >= 4 is 41.3 Å². The molecular formula is C23H33IN4O3. The fourth-order valence-corrected chi connectivity index (χ4v) is 3.27. The van der Waals surface area contributed by atoms with Crippen LogP contribution < -0.4 is 25.0 Å². The summed E-state index contributed by atoms with van der Waals surface area (Å²) in [6.07, 6.45) is 0. The van der Waals surface area contributed by atoms with E-state index >= 15 is 0 Å².